The average molecular weight is 170 g/mol. The normalized spacial score (nSPS) is 8.22. The van der Waals surface area contributed by atoms with Gasteiger partial charge in [0.1, 0.15) is 7.82 Å². The fourth-order valence-corrected chi connectivity index (χ4v) is 0.158. The van der Waals surface area contributed by atoms with Gasteiger partial charge in [-0.15, -0.1) is 0 Å². The summed E-state index contributed by atoms with van der Waals surface area (Å²) >= 11 is 0. The Morgan fingerprint density at radius 1 is 1.33 bits per heavy atom. The Hall–Kier alpha value is 1.62. The summed E-state index contributed by atoms with van der Waals surface area (Å²) in [4.78, 5) is 27.5. The minimum absolute atomic E-state index is 0. The maximum Gasteiger partial charge on any atom is 1.00 e. The standard InChI is InChI=1S/CH3O5P.2Na/c2-1-6-7(3,4)5;;/h1H,(H2,3,4,5);;/q;2*+1/p-2. The molecule has 0 aliphatic heterocycles. The van der Waals surface area contributed by atoms with Crippen molar-refractivity contribution in [1.29, 1.82) is 0 Å². The molecule has 0 aliphatic carbocycles. The van der Waals surface area contributed by atoms with Crippen LogP contribution >= 0.6 is 7.82 Å². The molecule has 0 fully saturated rings. The van der Waals surface area contributed by atoms with Gasteiger partial charge in [0.2, 0.25) is 0 Å². The van der Waals surface area contributed by atoms with Crippen molar-refractivity contribution in [3.63, 3.8) is 0 Å². The van der Waals surface area contributed by atoms with Gasteiger partial charge in [-0.25, -0.2) is 0 Å². The van der Waals surface area contributed by atoms with Crippen LogP contribution < -0.4 is 68.9 Å². The number of carbonyl (C=O) groups excluding carboxylic acids is 1. The van der Waals surface area contributed by atoms with Crippen molar-refractivity contribution in [2.24, 2.45) is 0 Å². The van der Waals surface area contributed by atoms with Gasteiger partial charge >= 0.3 is 59.1 Å². The van der Waals surface area contributed by atoms with Gasteiger partial charge in [0.15, 0.2) is 0 Å². The van der Waals surface area contributed by atoms with Crippen molar-refractivity contribution in [2.75, 3.05) is 0 Å². The number of hydrogen-bond donors (Lipinski definition) is 0. The third-order valence-corrected chi connectivity index (χ3v) is 0.516. The molecular formula is CHNa2O5P. The van der Waals surface area contributed by atoms with E-state index in [4.69, 9.17) is 4.79 Å². The Balaban J connectivity index is -0.000000180. The van der Waals surface area contributed by atoms with Crippen molar-refractivity contribution < 1.29 is 82.8 Å². The number of hydrogen-bond acceptors (Lipinski definition) is 5. The first-order chi connectivity index (χ1) is 3.06. The van der Waals surface area contributed by atoms with Crippen LogP contribution in [-0.2, 0) is 13.9 Å². The number of phosphoric acid groups is 1. The van der Waals surface area contributed by atoms with E-state index in [0.29, 0.717) is 0 Å². The van der Waals surface area contributed by atoms with E-state index in [1.165, 1.54) is 0 Å². The Morgan fingerprint density at radius 2 is 1.67 bits per heavy atom. The maximum atomic E-state index is 9.25. The Morgan fingerprint density at radius 3 is 1.67 bits per heavy atom. The molecule has 42 valence electrons. The quantitative estimate of drug-likeness (QED) is 0.233. The summed E-state index contributed by atoms with van der Waals surface area (Å²) in [5.74, 6) is 0. The second kappa shape index (κ2) is 7.72. The fourth-order valence-electron chi connectivity index (χ4n) is 0.0527. The fraction of sp³-hybridized carbons (Fsp3) is 0. The van der Waals surface area contributed by atoms with E-state index in [1.807, 2.05) is 0 Å². The van der Waals surface area contributed by atoms with Gasteiger partial charge in [-0.3, -0.25) is 4.79 Å². The molecule has 0 spiro atoms. The summed E-state index contributed by atoms with van der Waals surface area (Å²) in [5.41, 5.74) is 0. The first-order valence-electron chi connectivity index (χ1n) is 1.20. The molecule has 0 amide bonds. The van der Waals surface area contributed by atoms with Crippen LogP contribution in [0.5, 0.6) is 0 Å². The van der Waals surface area contributed by atoms with Gasteiger partial charge < -0.3 is 18.9 Å². The number of carbonyl (C=O) groups is 1. The first kappa shape index (κ1) is 16.9. The molecule has 0 saturated heterocycles. The van der Waals surface area contributed by atoms with Crippen molar-refractivity contribution in [2.45, 2.75) is 0 Å². The van der Waals surface area contributed by atoms with E-state index in [9.17, 15) is 14.4 Å². The van der Waals surface area contributed by atoms with Gasteiger partial charge in [-0.2, -0.15) is 0 Å². The molecule has 0 radical (unpaired) electrons. The monoisotopic (exact) mass is 170 g/mol. The Bertz CT molecular complexity index is 108. The predicted octanol–water partition coefficient (Wildman–Crippen LogP) is -8.00. The van der Waals surface area contributed by atoms with Gasteiger partial charge in [-0.1, -0.05) is 0 Å². The van der Waals surface area contributed by atoms with Gasteiger partial charge in [-0.05, 0) is 0 Å². The number of phosphoric ester groups is 1. The van der Waals surface area contributed by atoms with Gasteiger partial charge in [0.05, 0.1) is 0 Å². The number of rotatable bonds is 2. The molecule has 0 bridgehead atoms. The molecule has 0 atom stereocenters. The smallest absolute Gasteiger partial charge is 0.780 e. The third-order valence-electron chi connectivity index (χ3n) is 0.172. The molecule has 8 heteroatoms. The molecule has 0 aromatic heterocycles. The van der Waals surface area contributed by atoms with Gasteiger partial charge in [0, 0.05) is 0 Å². The molecular weight excluding hydrogens is 169 g/mol. The van der Waals surface area contributed by atoms with Crippen LogP contribution in [0.4, 0.5) is 0 Å². The van der Waals surface area contributed by atoms with Crippen LogP contribution in [0.3, 0.4) is 0 Å². The van der Waals surface area contributed by atoms with Gasteiger partial charge in [0.25, 0.3) is 6.47 Å². The summed E-state index contributed by atoms with van der Waals surface area (Å²) in [6.45, 7) is -0.430. The predicted molar refractivity (Wildman–Crippen MR) is 14.8 cm³/mol. The summed E-state index contributed by atoms with van der Waals surface area (Å²) in [7, 11) is -5.03. The summed E-state index contributed by atoms with van der Waals surface area (Å²) in [6, 6.07) is 0. The zero-order chi connectivity index (χ0) is 5.91. The van der Waals surface area contributed by atoms with Crippen LogP contribution in [0.15, 0.2) is 0 Å². The zero-order valence-corrected chi connectivity index (χ0v) is 9.96. The molecule has 0 aliphatic rings. The summed E-state index contributed by atoms with van der Waals surface area (Å²) in [5, 5.41) is 0. The summed E-state index contributed by atoms with van der Waals surface area (Å²) < 4.78 is 12.2. The van der Waals surface area contributed by atoms with Crippen molar-refractivity contribution >= 4 is 14.3 Å². The van der Waals surface area contributed by atoms with Crippen LogP contribution in [0.2, 0.25) is 0 Å². The van der Waals surface area contributed by atoms with Crippen molar-refractivity contribution in [3.05, 3.63) is 0 Å². The Labute approximate surface area is 96.0 Å². The van der Waals surface area contributed by atoms with E-state index in [0.717, 1.165) is 0 Å². The molecule has 0 N–H and O–H groups in total. The zero-order valence-electron chi connectivity index (χ0n) is 5.07. The molecule has 0 unspecified atom stereocenters. The van der Waals surface area contributed by atoms with Crippen LogP contribution in [0.25, 0.3) is 0 Å². The minimum Gasteiger partial charge on any atom is -0.780 e. The second-order valence-corrected chi connectivity index (χ2v) is 1.75. The van der Waals surface area contributed by atoms with Crippen LogP contribution in [0, 0.1) is 0 Å². The minimum atomic E-state index is -5.03. The van der Waals surface area contributed by atoms with Crippen molar-refractivity contribution in [3.8, 4) is 0 Å². The van der Waals surface area contributed by atoms with E-state index >= 15 is 0 Å². The molecule has 5 nitrogen and oxygen atoms in total. The van der Waals surface area contributed by atoms with E-state index in [-0.39, 0.29) is 59.1 Å². The van der Waals surface area contributed by atoms with Crippen LogP contribution in [-0.4, -0.2) is 6.47 Å². The molecule has 0 aromatic rings. The van der Waals surface area contributed by atoms with Crippen LogP contribution in [0.1, 0.15) is 0 Å². The van der Waals surface area contributed by atoms with E-state index in [2.05, 4.69) is 4.52 Å². The molecule has 0 rings (SSSR count). The topological polar surface area (TPSA) is 89.5 Å². The third kappa shape index (κ3) is 17.7. The molecule has 0 aromatic carbocycles. The van der Waals surface area contributed by atoms with E-state index in [1.54, 1.807) is 0 Å². The molecule has 9 heavy (non-hydrogen) atoms. The SMILES string of the molecule is O=COP(=O)([O-])[O-].[Na+].[Na+]. The largest absolute Gasteiger partial charge is 1.00 e. The maximum absolute atomic E-state index is 9.25. The molecule has 0 heterocycles. The Kier molecular flexibility index (Phi) is 14.5. The van der Waals surface area contributed by atoms with Crippen molar-refractivity contribution in [1.82, 2.24) is 0 Å². The summed E-state index contributed by atoms with van der Waals surface area (Å²) in [6.07, 6.45) is 0. The van der Waals surface area contributed by atoms with E-state index < -0.39 is 14.3 Å². The average Bonchev–Trinajstić information content (AvgIpc) is 1.30. The second-order valence-electron chi connectivity index (χ2n) is 0.649. The molecule has 0 saturated carbocycles. The first-order valence-corrected chi connectivity index (χ1v) is 2.66.